The molecule has 0 saturated carbocycles. The summed E-state index contributed by atoms with van der Waals surface area (Å²) in [4.78, 5) is 26.5. The summed E-state index contributed by atoms with van der Waals surface area (Å²) < 4.78 is 4.54. The fourth-order valence-electron chi connectivity index (χ4n) is 1.66. The number of hydrogen-bond donors (Lipinski definition) is 0. The molecule has 4 nitrogen and oxygen atoms in total. The van der Waals surface area contributed by atoms with Gasteiger partial charge in [0.2, 0.25) is 0 Å². The summed E-state index contributed by atoms with van der Waals surface area (Å²) in [6, 6.07) is 1.93. The van der Waals surface area contributed by atoms with Crippen LogP contribution in [0.5, 0.6) is 0 Å². The van der Waals surface area contributed by atoms with E-state index in [2.05, 4.69) is 11.7 Å². The van der Waals surface area contributed by atoms with Crippen molar-refractivity contribution in [3.63, 3.8) is 0 Å². The van der Waals surface area contributed by atoms with Crippen molar-refractivity contribution in [2.24, 2.45) is 0 Å². The average molecular weight is 269 g/mol. The van der Waals surface area contributed by atoms with E-state index in [4.69, 9.17) is 0 Å². The lowest BCUT2D eigenvalue weighted by atomic mass is 10.1. The third kappa shape index (κ3) is 3.57. The summed E-state index contributed by atoms with van der Waals surface area (Å²) in [6.45, 7) is 4.12. The standard InChI is InChI=1S/C13H19NO3S/c1-5-6-10-7-11(18-9(10)2)13(16)14(3)8-12(15)17-4/h7H,5-6,8H2,1-4H3. The maximum absolute atomic E-state index is 12.1. The summed E-state index contributed by atoms with van der Waals surface area (Å²) in [5.41, 5.74) is 1.22. The summed E-state index contributed by atoms with van der Waals surface area (Å²) in [5, 5.41) is 0. The molecular formula is C13H19NO3S. The highest BCUT2D eigenvalue weighted by molar-refractivity contribution is 7.14. The van der Waals surface area contributed by atoms with E-state index in [0.29, 0.717) is 4.88 Å². The molecular weight excluding hydrogens is 250 g/mol. The Hall–Kier alpha value is -1.36. The predicted octanol–water partition coefficient (Wildman–Crippen LogP) is 2.25. The van der Waals surface area contributed by atoms with E-state index in [1.807, 2.05) is 13.0 Å². The van der Waals surface area contributed by atoms with Gasteiger partial charge in [-0.3, -0.25) is 9.59 Å². The van der Waals surface area contributed by atoms with Crippen LogP contribution in [0.25, 0.3) is 0 Å². The molecule has 0 radical (unpaired) electrons. The minimum Gasteiger partial charge on any atom is -0.468 e. The van der Waals surface area contributed by atoms with Gasteiger partial charge in [-0.25, -0.2) is 0 Å². The van der Waals surface area contributed by atoms with Gasteiger partial charge in [0.1, 0.15) is 6.54 Å². The van der Waals surface area contributed by atoms with Crippen molar-refractivity contribution in [3.8, 4) is 0 Å². The zero-order valence-electron chi connectivity index (χ0n) is 11.3. The largest absolute Gasteiger partial charge is 0.468 e. The maximum atomic E-state index is 12.1. The second-order valence-corrected chi connectivity index (χ2v) is 5.44. The third-order valence-electron chi connectivity index (χ3n) is 2.69. The van der Waals surface area contributed by atoms with Crippen LogP contribution in [0, 0.1) is 6.92 Å². The van der Waals surface area contributed by atoms with E-state index in [1.165, 1.54) is 33.8 Å². The number of likely N-dealkylation sites (N-methyl/N-ethyl adjacent to an activating group) is 1. The topological polar surface area (TPSA) is 46.6 Å². The van der Waals surface area contributed by atoms with E-state index >= 15 is 0 Å². The molecule has 5 heteroatoms. The second kappa shape index (κ2) is 6.54. The highest BCUT2D eigenvalue weighted by Crippen LogP contribution is 2.23. The molecule has 1 aromatic rings. The van der Waals surface area contributed by atoms with Crippen molar-refractivity contribution in [1.29, 1.82) is 0 Å². The SMILES string of the molecule is CCCc1cc(C(=O)N(C)CC(=O)OC)sc1C. The molecule has 0 saturated heterocycles. The van der Waals surface area contributed by atoms with Crippen molar-refractivity contribution in [1.82, 2.24) is 4.90 Å². The van der Waals surface area contributed by atoms with Crippen LogP contribution in [0.1, 0.15) is 33.5 Å². The van der Waals surface area contributed by atoms with Gasteiger partial charge in [0.25, 0.3) is 5.91 Å². The minimum absolute atomic E-state index is 0.0185. The first-order valence-electron chi connectivity index (χ1n) is 5.91. The molecule has 100 valence electrons. The first-order valence-corrected chi connectivity index (χ1v) is 6.72. The Morgan fingerprint density at radius 3 is 2.67 bits per heavy atom. The summed E-state index contributed by atoms with van der Waals surface area (Å²) in [6.07, 6.45) is 2.04. The molecule has 1 rings (SSSR count). The molecule has 1 heterocycles. The molecule has 0 bridgehead atoms. The van der Waals surface area contributed by atoms with Crippen LogP contribution in [-0.2, 0) is 16.0 Å². The minimum atomic E-state index is -0.409. The summed E-state index contributed by atoms with van der Waals surface area (Å²) in [5.74, 6) is -0.538. The van der Waals surface area contributed by atoms with Gasteiger partial charge in [-0.15, -0.1) is 11.3 Å². The molecule has 18 heavy (non-hydrogen) atoms. The average Bonchev–Trinajstić information content (AvgIpc) is 2.70. The van der Waals surface area contributed by atoms with Crippen molar-refractivity contribution in [3.05, 3.63) is 21.4 Å². The van der Waals surface area contributed by atoms with E-state index in [9.17, 15) is 9.59 Å². The Morgan fingerprint density at radius 2 is 2.11 bits per heavy atom. The fourth-order valence-corrected chi connectivity index (χ4v) is 2.73. The van der Waals surface area contributed by atoms with Crippen LogP contribution >= 0.6 is 11.3 Å². The quantitative estimate of drug-likeness (QED) is 0.770. The molecule has 1 aromatic heterocycles. The molecule has 0 aromatic carbocycles. The highest BCUT2D eigenvalue weighted by Gasteiger charge is 2.18. The fraction of sp³-hybridized carbons (Fsp3) is 0.538. The second-order valence-electron chi connectivity index (χ2n) is 4.18. The summed E-state index contributed by atoms with van der Waals surface area (Å²) >= 11 is 1.48. The number of thiophene rings is 1. The van der Waals surface area contributed by atoms with Gasteiger partial charge in [-0.2, -0.15) is 0 Å². The van der Waals surface area contributed by atoms with Gasteiger partial charge in [0.15, 0.2) is 0 Å². The van der Waals surface area contributed by atoms with Crippen molar-refractivity contribution < 1.29 is 14.3 Å². The Kier molecular flexibility index (Phi) is 5.34. The van der Waals surface area contributed by atoms with Gasteiger partial charge in [-0.1, -0.05) is 13.3 Å². The van der Waals surface area contributed by atoms with E-state index in [-0.39, 0.29) is 12.5 Å². The van der Waals surface area contributed by atoms with E-state index in [1.54, 1.807) is 7.05 Å². The van der Waals surface area contributed by atoms with Gasteiger partial charge in [0.05, 0.1) is 12.0 Å². The zero-order valence-corrected chi connectivity index (χ0v) is 12.1. The number of aryl methyl sites for hydroxylation is 2. The predicted molar refractivity (Wildman–Crippen MR) is 72.0 cm³/mol. The van der Waals surface area contributed by atoms with Crippen molar-refractivity contribution >= 4 is 23.2 Å². The van der Waals surface area contributed by atoms with E-state index < -0.39 is 5.97 Å². The number of carbonyl (C=O) groups excluding carboxylic acids is 2. The van der Waals surface area contributed by atoms with Crippen LogP contribution < -0.4 is 0 Å². The molecule has 0 aliphatic heterocycles. The Morgan fingerprint density at radius 1 is 1.44 bits per heavy atom. The van der Waals surface area contributed by atoms with Gasteiger partial charge >= 0.3 is 5.97 Å². The lowest BCUT2D eigenvalue weighted by molar-refractivity contribution is -0.141. The highest BCUT2D eigenvalue weighted by atomic mass is 32.1. The first kappa shape index (κ1) is 14.7. The van der Waals surface area contributed by atoms with Crippen molar-refractivity contribution in [2.45, 2.75) is 26.7 Å². The van der Waals surface area contributed by atoms with Crippen molar-refractivity contribution in [2.75, 3.05) is 20.7 Å². The summed E-state index contributed by atoms with van der Waals surface area (Å²) in [7, 11) is 2.92. The Bertz CT molecular complexity index is 439. The number of rotatable bonds is 5. The monoisotopic (exact) mass is 269 g/mol. The Balaban J connectivity index is 2.77. The zero-order chi connectivity index (χ0) is 13.7. The smallest absolute Gasteiger partial charge is 0.325 e. The van der Waals surface area contributed by atoms with Crippen LogP contribution in [0.15, 0.2) is 6.07 Å². The third-order valence-corrected chi connectivity index (χ3v) is 3.77. The number of methoxy groups -OCH3 is 1. The number of amides is 1. The Labute approximate surface area is 112 Å². The van der Waals surface area contributed by atoms with Crippen LogP contribution in [0.2, 0.25) is 0 Å². The lowest BCUT2D eigenvalue weighted by Crippen LogP contribution is -2.32. The molecule has 0 aliphatic rings. The van der Waals surface area contributed by atoms with Crippen LogP contribution in [-0.4, -0.2) is 37.5 Å². The van der Waals surface area contributed by atoms with Gasteiger partial charge in [-0.05, 0) is 25.0 Å². The lowest BCUT2D eigenvalue weighted by Gasteiger charge is -2.14. The van der Waals surface area contributed by atoms with Gasteiger partial charge < -0.3 is 9.64 Å². The van der Waals surface area contributed by atoms with Gasteiger partial charge in [0, 0.05) is 11.9 Å². The molecule has 1 amide bonds. The number of ether oxygens (including phenoxy) is 1. The first-order chi connectivity index (χ1) is 8.49. The maximum Gasteiger partial charge on any atom is 0.325 e. The molecule has 0 spiro atoms. The normalized spacial score (nSPS) is 10.2. The molecule has 0 N–H and O–H groups in total. The molecule has 0 unspecified atom stereocenters. The molecule has 0 fully saturated rings. The van der Waals surface area contributed by atoms with E-state index in [0.717, 1.165) is 12.8 Å². The molecule has 0 atom stereocenters. The molecule has 0 aliphatic carbocycles. The number of carbonyl (C=O) groups is 2. The number of nitrogens with zero attached hydrogens (tertiary/aromatic N) is 1. The number of hydrogen-bond acceptors (Lipinski definition) is 4. The van der Waals surface area contributed by atoms with Crippen LogP contribution in [0.4, 0.5) is 0 Å². The van der Waals surface area contributed by atoms with Crippen LogP contribution in [0.3, 0.4) is 0 Å². The number of esters is 1.